The van der Waals surface area contributed by atoms with E-state index in [1.807, 2.05) is 30.4 Å². The number of aliphatic hydroxyl groups is 2. The molecular formula is C22H40B8O4. The fraction of sp³-hybridized carbons (Fsp3) is 0.409. The molecule has 3 N–H and O–H groups in total. The molecule has 0 heterocycles. The van der Waals surface area contributed by atoms with Crippen molar-refractivity contribution in [3.8, 4) is 0 Å². The van der Waals surface area contributed by atoms with E-state index in [0.717, 1.165) is 6.42 Å². The highest BCUT2D eigenvalue weighted by Crippen LogP contribution is 2.29. The second-order valence-electron chi connectivity index (χ2n) is 11.4. The topological polar surface area (TPSA) is 77.8 Å². The van der Waals surface area contributed by atoms with E-state index < -0.39 is 17.0 Å². The van der Waals surface area contributed by atoms with Gasteiger partial charge in [0.1, 0.15) is 47.1 Å². The molecule has 0 aromatic heterocycles. The third-order valence-electron chi connectivity index (χ3n) is 5.26. The van der Waals surface area contributed by atoms with Crippen molar-refractivity contribution < 1.29 is 20.1 Å². The lowest BCUT2D eigenvalue weighted by Crippen LogP contribution is -2.25. The molecule has 0 spiro atoms. The molecule has 4 nitrogen and oxygen atoms in total. The summed E-state index contributed by atoms with van der Waals surface area (Å²) in [6.45, 7) is 2.10. The third-order valence-corrected chi connectivity index (χ3v) is 5.26. The van der Waals surface area contributed by atoms with Gasteiger partial charge in [0.25, 0.3) is 0 Å². The molecule has 0 radical (unpaired) electrons. The number of rotatable bonds is 14. The SMILES string of the molecule is BC(B)(/C=C\C(B)(B)/C=C\C(B)(O)/C=C\C(B)(B)/C=C\CC)/C=C\C(B)(O)/C=C\CCC(=O)O. The van der Waals surface area contributed by atoms with Gasteiger partial charge in [0, 0.05) is 6.42 Å². The van der Waals surface area contributed by atoms with Crippen molar-refractivity contribution in [3.63, 3.8) is 0 Å². The standard InChI is InChI=1S/C22H40B8O4/c1-2-3-7-18(23,24)11-15-22(30,34)16-13-20(27,28)10-9-19(25,26)12-14-21(29,33)8-5-4-6-17(31)32/h3,5,7-16,33-34H,2,4,6,23-30H2,1H3,(H,31,32)/b7-3-,8-5-,10-9-,14-12-,15-11-,16-13-. The Labute approximate surface area is 214 Å². The van der Waals surface area contributed by atoms with Crippen LogP contribution in [0, 0.1) is 0 Å². The van der Waals surface area contributed by atoms with Gasteiger partial charge in [0.05, 0.1) is 11.0 Å². The van der Waals surface area contributed by atoms with E-state index in [1.54, 1.807) is 33.9 Å². The number of hydrogen-bond donors (Lipinski definition) is 3. The van der Waals surface area contributed by atoms with Crippen LogP contribution in [0.4, 0.5) is 0 Å². The van der Waals surface area contributed by atoms with Gasteiger partial charge in [-0.1, -0.05) is 95.5 Å². The van der Waals surface area contributed by atoms with Gasteiger partial charge in [-0.15, -0.1) is 0 Å². The van der Waals surface area contributed by atoms with Gasteiger partial charge in [0.15, 0.2) is 15.7 Å². The van der Waals surface area contributed by atoms with Crippen LogP contribution in [-0.2, 0) is 4.79 Å². The van der Waals surface area contributed by atoms with Gasteiger partial charge < -0.3 is 15.3 Å². The van der Waals surface area contributed by atoms with Gasteiger partial charge in [-0.3, -0.25) is 4.79 Å². The summed E-state index contributed by atoms with van der Waals surface area (Å²) in [5.41, 5.74) is -2.20. The van der Waals surface area contributed by atoms with Crippen LogP contribution in [0.25, 0.3) is 0 Å². The fourth-order valence-corrected chi connectivity index (χ4v) is 2.81. The van der Waals surface area contributed by atoms with Crippen molar-refractivity contribution in [2.24, 2.45) is 0 Å². The zero-order valence-electron chi connectivity index (χ0n) is 22.8. The summed E-state index contributed by atoms with van der Waals surface area (Å²) in [6, 6.07) is 0. The molecule has 0 aromatic carbocycles. The monoisotopic (exact) mass is 456 g/mol. The van der Waals surface area contributed by atoms with Gasteiger partial charge in [-0.2, -0.15) is 0 Å². The van der Waals surface area contributed by atoms with Crippen LogP contribution in [0.15, 0.2) is 72.9 Å². The minimum absolute atomic E-state index is 0.0451. The maximum Gasteiger partial charge on any atom is 0.303 e. The lowest BCUT2D eigenvalue weighted by Gasteiger charge is -2.24. The first-order chi connectivity index (χ1) is 15.3. The van der Waals surface area contributed by atoms with Crippen molar-refractivity contribution in [1.29, 1.82) is 0 Å². The first-order valence-electron chi connectivity index (χ1n) is 12.1. The molecule has 176 valence electrons. The second kappa shape index (κ2) is 13.4. The van der Waals surface area contributed by atoms with Crippen LogP contribution in [-0.4, -0.2) is 95.1 Å². The smallest absolute Gasteiger partial charge is 0.303 e. The van der Waals surface area contributed by atoms with E-state index in [1.165, 1.54) is 0 Å². The van der Waals surface area contributed by atoms with Crippen LogP contribution in [0.3, 0.4) is 0 Å². The predicted molar refractivity (Wildman–Crippen MR) is 168 cm³/mol. The normalized spacial score (nSPS) is 18.0. The van der Waals surface area contributed by atoms with Crippen LogP contribution < -0.4 is 0 Å². The molecule has 0 saturated heterocycles. The largest absolute Gasteiger partial charge is 0.481 e. The Morgan fingerprint density at radius 3 is 1.35 bits per heavy atom. The molecule has 2 unspecified atom stereocenters. The first kappa shape index (κ1) is 32.3. The van der Waals surface area contributed by atoms with Crippen molar-refractivity contribution >= 4 is 68.7 Å². The summed E-state index contributed by atoms with van der Waals surface area (Å²) in [4.78, 5) is 10.6. The average molecular weight is 455 g/mol. The number of carbonyl (C=O) groups is 1. The Balaban J connectivity index is 5.26. The number of hydrogen-bond acceptors (Lipinski definition) is 3. The Morgan fingerprint density at radius 1 is 0.618 bits per heavy atom. The number of carboxylic acids is 1. The van der Waals surface area contributed by atoms with Crippen molar-refractivity contribution in [1.82, 2.24) is 0 Å². The molecule has 0 bridgehead atoms. The van der Waals surface area contributed by atoms with Crippen LogP contribution >= 0.6 is 0 Å². The molecule has 34 heavy (non-hydrogen) atoms. The van der Waals surface area contributed by atoms with Gasteiger partial charge >= 0.3 is 5.97 Å². The average Bonchev–Trinajstić information content (AvgIpc) is 2.71. The maximum atomic E-state index is 10.8. The van der Waals surface area contributed by atoms with E-state index in [-0.39, 0.29) is 22.1 Å². The number of carboxylic acid groups (broad SMARTS) is 1. The molecule has 0 saturated carbocycles. The highest BCUT2D eigenvalue weighted by atomic mass is 16.4. The Morgan fingerprint density at radius 2 is 0.971 bits per heavy atom. The van der Waals surface area contributed by atoms with Gasteiger partial charge in [-0.05, 0) is 12.8 Å². The van der Waals surface area contributed by atoms with E-state index >= 15 is 0 Å². The maximum absolute atomic E-state index is 10.8. The fourth-order valence-electron chi connectivity index (χ4n) is 2.81. The second-order valence-corrected chi connectivity index (χ2v) is 11.4. The predicted octanol–water partition coefficient (Wildman–Crippen LogP) is -3.61. The third kappa shape index (κ3) is 16.9. The Hall–Kier alpha value is -1.65. The lowest BCUT2D eigenvalue weighted by molar-refractivity contribution is -0.136. The molecule has 0 amide bonds. The number of aliphatic carboxylic acids is 1. The molecule has 0 aliphatic rings. The van der Waals surface area contributed by atoms with E-state index in [0.29, 0.717) is 6.42 Å². The Kier molecular flexibility index (Phi) is 12.8. The summed E-state index contributed by atoms with van der Waals surface area (Å²) in [5, 5.41) is 29.3. The minimum atomic E-state index is -1.15. The molecule has 2 atom stereocenters. The summed E-state index contributed by atoms with van der Waals surface area (Å²) >= 11 is 0. The Bertz CT molecular complexity index is 838. The quantitative estimate of drug-likeness (QED) is 0.187. The van der Waals surface area contributed by atoms with Gasteiger partial charge in [0.2, 0.25) is 0 Å². The molecule has 0 fully saturated rings. The lowest BCUT2D eigenvalue weighted by atomic mass is 9.49. The summed E-state index contributed by atoms with van der Waals surface area (Å²) < 4.78 is 0. The summed E-state index contributed by atoms with van der Waals surface area (Å²) in [7, 11) is 15.9. The zero-order valence-corrected chi connectivity index (χ0v) is 22.8. The van der Waals surface area contributed by atoms with Crippen LogP contribution in [0.5, 0.6) is 0 Å². The van der Waals surface area contributed by atoms with Crippen LogP contribution in [0.1, 0.15) is 26.2 Å². The molecule has 12 heteroatoms. The van der Waals surface area contributed by atoms with Crippen molar-refractivity contribution in [2.75, 3.05) is 0 Å². The summed E-state index contributed by atoms with van der Waals surface area (Å²) in [5.74, 6) is -0.853. The summed E-state index contributed by atoms with van der Waals surface area (Å²) in [6.07, 6.45) is 24.5. The first-order valence-corrected chi connectivity index (χ1v) is 12.1. The minimum Gasteiger partial charge on any atom is -0.481 e. The van der Waals surface area contributed by atoms with Crippen molar-refractivity contribution in [3.05, 3.63) is 72.9 Å². The van der Waals surface area contributed by atoms with Crippen molar-refractivity contribution in [2.45, 2.75) is 52.8 Å². The highest BCUT2D eigenvalue weighted by molar-refractivity contribution is 6.45. The van der Waals surface area contributed by atoms with Gasteiger partial charge in [-0.25, -0.2) is 0 Å². The number of allylic oxidation sites excluding steroid dienone is 8. The highest BCUT2D eigenvalue weighted by Gasteiger charge is 2.20. The molecule has 0 aliphatic carbocycles. The molecule has 0 rings (SSSR count). The zero-order chi connectivity index (χ0) is 26.7. The van der Waals surface area contributed by atoms with E-state index in [4.69, 9.17) is 5.11 Å². The molecular weight excluding hydrogens is 415 g/mol. The van der Waals surface area contributed by atoms with Crippen LogP contribution in [0.2, 0.25) is 15.6 Å². The van der Waals surface area contributed by atoms with E-state index in [9.17, 15) is 15.0 Å². The molecule has 0 aliphatic heterocycles. The van der Waals surface area contributed by atoms with E-state index in [2.05, 4.69) is 78.3 Å². The molecule has 0 aromatic rings.